The van der Waals surface area contributed by atoms with Gasteiger partial charge in [0.25, 0.3) is 0 Å². The molecule has 4 nitrogen and oxygen atoms in total. The smallest absolute Gasteiger partial charge is 0.303 e. The van der Waals surface area contributed by atoms with E-state index < -0.39 is 7.67 Å². The van der Waals surface area contributed by atoms with E-state index in [1.165, 1.54) is 0 Å². The van der Waals surface area contributed by atoms with E-state index in [1.54, 1.807) is 0 Å². The monoisotopic (exact) mass is 364 g/mol. The zero-order valence-corrected chi connectivity index (χ0v) is 15.2. The topological polar surface area (TPSA) is 32.8 Å². The molecule has 0 aliphatic carbocycles. The van der Waals surface area contributed by atoms with Crippen molar-refractivity contribution in [3.63, 3.8) is 0 Å². The first-order valence-electron chi connectivity index (χ1n) is 7.55. The maximum absolute atomic E-state index is 13.6. The summed E-state index contributed by atoms with van der Waals surface area (Å²) in [5, 5.41) is 0. The Hall–Kier alpha value is -0.0900. The molecule has 1 fully saturated rings. The highest BCUT2D eigenvalue weighted by molar-refractivity contribution is 7.54. The molecule has 7 heteroatoms. The molecule has 1 aliphatic rings. The fourth-order valence-electron chi connectivity index (χ4n) is 2.58. The van der Waals surface area contributed by atoms with Crippen LogP contribution in [0, 0.1) is 0 Å². The number of hydrogen-bond donors (Lipinski definition) is 0. The van der Waals surface area contributed by atoms with Crippen LogP contribution in [0.1, 0.15) is 18.9 Å². The van der Waals surface area contributed by atoms with Crippen LogP contribution in [-0.4, -0.2) is 46.8 Å². The molecule has 1 saturated heterocycles. The zero-order chi connectivity index (χ0) is 16.0. The lowest BCUT2D eigenvalue weighted by molar-refractivity contribution is 0.109. The number of alkyl halides is 2. The highest BCUT2D eigenvalue weighted by Gasteiger charge is 2.42. The van der Waals surface area contributed by atoms with Gasteiger partial charge in [-0.3, -0.25) is 4.57 Å². The van der Waals surface area contributed by atoms with Crippen LogP contribution in [0.3, 0.4) is 0 Å². The van der Waals surface area contributed by atoms with Crippen LogP contribution in [0.4, 0.5) is 0 Å². The van der Waals surface area contributed by atoms with Crippen molar-refractivity contribution in [2.24, 2.45) is 0 Å². The predicted molar refractivity (Wildman–Crippen MR) is 92.6 cm³/mol. The fraction of sp³-hybridized carbons (Fsp3) is 0.600. The van der Waals surface area contributed by atoms with Crippen LogP contribution >= 0.6 is 30.9 Å². The molecule has 0 aromatic heterocycles. The minimum absolute atomic E-state index is 0.0222. The summed E-state index contributed by atoms with van der Waals surface area (Å²) in [5.41, 5.74) is 1.12. The maximum Gasteiger partial charge on any atom is 0.346 e. The minimum Gasteiger partial charge on any atom is -0.303 e. The SMILES string of the molecule is CC1CCN(Cc2ccccc2)P(=O)(N(CCCl)CCCl)O1. The molecule has 0 bridgehead atoms. The second kappa shape index (κ2) is 8.68. The van der Waals surface area contributed by atoms with Gasteiger partial charge in [-0.25, -0.2) is 9.34 Å². The average molecular weight is 365 g/mol. The molecule has 0 amide bonds. The van der Waals surface area contributed by atoms with E-state index in [9.17, 15) is 4.57 Å². The van der Waals surface area contributed by atoms with Crippen molar-refractivity contribution < 1.29 is 9.09 Å². The molecular weight excluding hydrogens is 342 g/mol. The lowest BCUT2D eigenvalue weighted by atomic mass is 10.2. The van der Waals surface area contributed by atoms with Gasteiger partial charge in [-0.15, -0.1) is 23.2 Å². The molecule has 2 unspecified atom stereocenters. The molecule has 124 valence electrons. The fourth-order valence-corrected chi connectivity index (χ4v) is 5.84. The first-order chi connectivity index (χ1) is 10.6. The standard InChI is InChI=1S/C15H23Cl2N2O2P/c1-14-7-10-19(13-15-5-3-2-4-6-15)22(20,21-14)18(11-8-16)12-9-17/h2-6,14H,7-13H2,1H3. The molecule has 1 heterocycles. The largest absolute Gasteiger partial charge is 0.346 e. The first-order valence-corrected chi connectivity index (χ1v) is 10.1. The second-order valence-corrected chi connectivity index (χ2v) is 8.48. The maximum atomic E-state index is 13.6. The third kappa shape index (κ3) is 4.47. The third-order valence-corrected chi connectivity index (χ3v) is 6.86. The summed E-state index contributed by atoms with van der Waals surface area (Å²) in [7, 11) is -3.09. The van der Waals surface area contributed by atoms with E-state index in [-0.39, 0.29) is 6.10 Å². The molecule has 0 saturated carbocycles. The van der Waals surface area contributed by atoms with Gasteiger partial charge in [0.1, 0.15) is 0 Å². The van der Waals surface area contributed by atoms with Gasteiger partial charge in [-0.05, 0) is 18.9 Å². The number of hydrogen-bond acceptors (Lipinski definition) is 2. The van der Waals surface area contributed by atoms with Gasteiger partial charge in [0.05, 0.1) is 6.10 Å². The minimum atomic E-state index is -3.09. The molecule has 1 aromatic rings. The Morgan fingerprint density at radius 1 is 1.27 bits per heavy atom. The first kappa shape index (κ1) is 18.3. The van der Waals surface area contributed by atoms with Crippen LogP contribution < -0.4 is 0 Å². The Morgan fingerprint density at radius 2 is 1.91 bits per heavy atom. The van der Waals surface area contributed by atoms with E-state index in [1.807, 2.05) is 46.6 Å². The summed E-state index contributed by atoms with van der Waals surface area (Å²) in [6.45, 7) is 4.32. The second-order valence-electron chi connectivity index (χ2n) is 5.40. The Labute approximate surface area is 142 Å². The van der Waals surface area contributed by atoms with Crippen LogP contribution in [0.5, 0.6) is 0 Å². The number of halogens is 2. The van der Waals surface area contributed by atoms with E-state index in [4.69, 9.17) is 27.7 Å². The van der Waals surface area contributed by atoms with Gasteiger partial charge >= 0.3 is 7.67 Å². The van der Waals surface area contributed by atoms with Crippen molar-refractivity contribution >= 4 is 30.9 Å². The zero-order valence-electron chi connectivity index (χ0n) is 12.8. The molecule has 22 heavy (non-hydrogen) atoms. The molecule has 0 N–H and O–H groups in total. The van der Waals surface area contributed by atoms with Crippen molar-refractivity contribution in [1.82, 2.24) is 9.34 Å². The van der Waals surface area contributed by atoms with E-state index in [0.717, 1.165) is 18.5 Å². The molecule has 1 aromatic carbocycles. The predicted octanol–water partition coefficient (Wildman–Crippen LogP) is 4.19. The van der Waals surface area contributed by atoms with Gasteiger partial charge < -0.3 is 4.52 Å². The average Bonchev–Trinajstić information content (AvgIpc) is 2.51. The lowest BCUT2D eigenvalue weighted by Crippen LogP contribution is -2.40. The number of benzene rings is 1. The third-order valence-electron chi connectivity index (χ3n) is 3.72. The van der Waals surface area contributed by atoms with Crippen molar-refractivity contribution in [2.45, 2.75) is 26.0 Å². The number of nitrogens with zero attached hydrogens (tertiary/aromatic N) is 2. The van der Waals surface area contributed by atoms with Gasteiger partial charge in [0, 0.05) is 37.9 Å². The van der Waals surface area contributed by atoms with E-state index in [0.29, 0.717) is 31.4 Å². The molecular formula is C15H23Cl2N2O2P. The highest BCUT2D eigenvalue weighted by Crippen LogP contribution is 2.58. The van der Waals surface area contributed by atoms with Gasteiger partial charge in [0.15, 0.2) is 0 Å². The van der Waals surface area contributed by atoms with Crippen molar-refractivity contribution in [1.29, 1.82) is 0 Å². The summed E-state index contributed by atoms with van der Waals surface area (Å²) >= 11 is 11.8. The van der Waals surface area contributed by atoms with Crippen molar-refractivity contribution in [3.05, 3.63) is 35.9 Å². The van der Waals surface area contributed by atoms with E-state index in [2.05, 4.69) is 0 Å². The molecule has 2 rings (SSSR count). The van der Waals surface area contributed by atoms with Crippen LogP contribution in [0.25, 0.3) is 0 Å². The van der Waals surface area contributed by atoms with Gasteiger partial charge in [-0.2, -0.15) is 0 Å². The summed E-state index contributed by atoms with van der Waals surface area (Å²) in [6, 6.07) is 10.0. The molecule has 2 atom stereocenters. The van der Waals surface area contributed by atoms with Crippen LogP contribution in [0.2, 0.25) is 0 Å². The van der Waals surface area contributed by atoms with Gasteiger partial charge in [-0.1, -0.05) is 30.3 Å². The quantitative estimate of drug-likeness (QED) is 0.536. The molecule has 0 spiro atoms. The van der Waals surface area contributed by atoms with Crippen LogP contribution in [0.15, 0.2) is 30.3 Å². The number of rotatable bonds is 7. The van der Waals surface area contributed by atoms with E-state index >= 15 is 0 Å². The van der Waals surface area contributed by atoms with Gasteiger partial charge in [0.2, 0.25) is 0 Å². The Bertz CT molecular complexity index is 498. The lowest BCUT2D eigenvalue weighted by Gasteiger charge is -2.43. The normalized spacial score (nSPS) is 26.5. The van der Waals surface area contributed by atoms with Crippen molar-refractivity contribution in [3.8, 4) is 0 Å². The van der Waals surface area contributed by atoms with Crippen molar-refractivity contribution in [2.75, 3.05) is 31.4 Å². The summed E-state index contributed by atoms with van der Waals surface area (Å²) in [6.07, 6.45) is 0.845. The Kier molecular flexibility index (Phi) is 7.20. The Balaban J connectivity index is 2.22. The Morgan fingerprint density at radius 3 is 2.50 bits per heavy atom. The summed E-state index contributed by atoms with van der Waals surface area (Å²) < 4.78 is 23.2. The highest BCUT2D eigenvalue weighted by atomic mass is 35.5. The molecule has 0 radical (unpaired) electrons. The summed E-state index contributed by atoms with van der Waals surface area (Å²) in [4.78, 5) is 0. The van der Waals surface area contributed by atoms with Crippen LogP contribution in [-0.2, 0) is 15.6 Å². The molecule has 1 aliphatic heterocycles. The summed E-state index contributed by atoms with van der Waals surface area (Å²) in [5.74, 6) is 0.801.